The maximum Gasteiger partial charge on any atom is 0.243 e. The van der Waals surface area contributed by atoms with Gasteiger partial charge in [0.05, 0.1) is 12.6 Å². The first kappa shape index (κ1) is 24.9. The molecule has 3 rings (SSSR count). The summed E-state index contributed by atoms with van der Waals surface area (Å²) in [5, 5.41) is 6.50. The zero-order chi connectivity index (χ0) is 23.8. The Balaban J connectivity index is 1.61. The molecule has 0 spiro atoms. The van der Waals surface area contributed by atoms with Crippen molar-refractivity contribution in [3.63, 3.8) is 0 Å². The van der Waals surface area contributed by atoms with Crippen molar-refractivity contribution in [3.05, 3.63) is 70.7 Å². The van der Waals surface area contributed by atoms with Crippen molar-refractivity contribution < 1.29 is 14.4 Å². The summed E-state index contributed by atoms with van der Waals surface area (Å²) in [6.07, 6.45) is 2.26. The van der Waals surface area contributed by atoms with Crippen molar-refractivity contribution >= 4 is 29.2 Å². The molecule has 1 heterocycles. The summed E-state index contributed by atoms with van der Waals surface area (Å²) in [6.45, 7) is 5.21. The molecule has 176 valence electrons. The minimum Gasteiger partial charge on any atom is -0.350 e. The number of hydrogen-bond acceptors (Lipinski definition) is 4. The Morgan fingerprint density at radius 1 is 1.09 bits per heavy atom. The van der Waals surface area contributed by atoms with Crippen LogP contribution in [0.1, 0.15) is 49.0 Å². The lowest BCUT2D eigenvalue weighted by atomic mass is 9.97. The van der Waals surface area contributed by atoms with E-state index in [1.54, 1.807) is 24.3 Å². The number of likely N-dealkylation sites (tertiary alicyclic amines) is 1. The van der Waals surface area contributed by atoms with Gasteiger partial charge in [0.15, 0.2) is 5.78 Å². The second-order valence-corrected chi connectivity index (χ2v) is 9.07. The third-order valence-corrected chi connectivity index (χ3v) is 6.53. The van der Waals surface area contributed by atoms with Crippen LogP contribution >= 0.6 is 11.6 Å². The fraction of sp³-hybridized carbons (Fsp3) is 0.423. The molecular formula is C26H32ClN3O3. The van der Waals surface area contributed by atoms with Crippen LogP contribution in [0.4, 0.5) is 0 Å². The van der Waals surface area contributed by atoms with E-state index < -0.39 is 12.1 Å². The van der Waals surface area contributed by atoms with Gasteiger partial charge < -0.3 is 10.6 Å². The van der Waals surface area contributed by atoms with Gasteiger partial charge in [-0.2, -0.15) is 0 Å². The summed E-state index contributed by atoms with van der Waals surface area (Å²) in [5.41, 5.74) is 1.57. The average molecular weight is 470 g/mol. The lowest BCUT2D eigenvalue weighted by Crippen LogP contribution is -2.54. The topological polar surface area (TPSA) is 78.5 Å². The maximum absolute atomic E-state index is 13.2. The van der Waals surface area contributed by atoms with Crippen molar-refractivity contribution in [2.45, 2.75) is 51.7 Å². The van der Waals surface area contributed by atoms with Crippen LogP contribution in [0.3, 0.4) is 0 Å². The molecular weight excluding hydrogens is 438 g/mol. The second-order valence-electron chi connectivity index (χ2n) is 8.63. The number of nitrogens with zero attached hydrogens (tertiary/aromatic N) is 1. The number of rotatable bonds is 10. The van der Waals surface area contributed by atoms with Crippen LogP contribution in [-0.2, 0) is 16.1 Å². The van der Waals surface area contributed by atoms with Crippen molar-refractivity contribution in [1.82, 2.24) is 15.5 Å². The minimum absolute atomic E-state index is 0.0183. The van der Waals surface area contributed by atoms with Crippen LogP contribution in [0.15, 0.2) is 54.6 Å². The SMILES string of the molecule is CCC(C)[C@H](NC(=O)[C@@H]1CCCN1CC(=O)c1ccc(Cl)cc1)C(=O)NCc1ccccc1. The van der Waals surface area contributed by atoms with Gasteiger partial charge in [0.2, 0.25) is 11.8 Å². The fourth-order valence-electron chi connectivity index (χ4n) is 4.07. The van der Waals surface area contributed by atoms with Crippen LogP contribution in [-0.4, -0.2) is 47.7 Å². The molecule has 0 bridgehead atoms. The number of benzene rings is 2. The van der Waals surface area contributed by atoms with Crippen LogP contribution in [0.5, 0.6) is 0 Å². The highest BCUT2D eigenvalue weighted by Gasteiger charge is 2.35. The molecule has 0 radical (unpaired) electrons. The molecule has 6 nitrogen and oxygen atoms in total. The third kappa shape index (κ3) is 6.89. The van der Waals surface area contributed by atoms with Crippen LogP contribution < -0.4 is 10.6 Å². The smallest absolute Gasteiger partial charge is 0.243 e. The van der Waals surface area contributed by atoms with E-state index in [2.05, 4.69) is 10.6 Å². The van der Waals surface area contributed by atoms with E-state index in [4.69, 9.17) is 11.6 Å². The molecule has 1 unspecified atom stereocenters. The Morgan fingerprint density at radius 3 is 2.45 bits per heavy atom. The van der Waals surface area contributed by atoms with E-state index in [1.165, 1.54) is 0 Å². The van der Waals surface area contributed by atoms with Gasteiger partial charge in [0.25, 0.3) is 0 Å². The maximum atomic E-state index is 13.2. The molecule has 2 N–H and O–H groups in total. The summed E-state index contributed by atoms with van der Waals surface area (Å²) in [7, 11) is 0. The Hall–Kier alpha value is -2.70. The first-order valence-electron chi connectivity index (χ1n) is 11.5. The highest BCUT2D eigenvalue weighted by Crippen LogP contribution is 2.20. The minimum atomic E-state index is -0.624. The first-order valence-corrected chi connectivity index (χ1v) is 11.9. The molecule has 0 saturated carbocycles. The Labute approximate surface area is 200 Å². The van der Waals surface area contributed by atoms with E-state index in [-0.39, 0.29) is 30.1 Å². The molecule has 2 aromatic rings. The predicted octanol–water partition coefficient (Wildman–Crippen LogP) is 3.83. The van der Waals surface area contributed by atoms with Crippen LogP contribution in [0, 0.1) is 5.92 Å². The number of amides is 2. The number of carbonyl (C=O) groups is 3. The number of carbonyl (C=O) groups excluding carboxylic acids is 3. The average Bonchev–Trinajstić information content (AvgIpc) is 3.29. The Morgan fingerprint density at radius 2 is 1.79 bits per heavy atom. The fourth-order valence-corrected chi connectivity index (χ4v) is 4.20. The monoisotopic (exact) mass is 469 g/mol. The summed E-state index contributed by atoms with van der Waals surface area (Å²) in [5.74, 6) is -0.458. The Kier molecular flexibility index (Phi) is 9.03. The quantitative estimate of drug-likeness (QED) is 0.518. The molecule has 2 amide bonds. The number of hydrogen-bond donors (Lipinski definition) is 2. The molecule has 33 heavy (non-hydrogen) atoms. The van der Waals surface area contributed by atoms with E-state index in [1.807, 2.05) is 49.1 Å². The summed E-state index contributed by atoms with van der Waals surface area (Å²) in [4.78, 5) is 40.7. The molecule has 0 aliphatic carbocycles. The molecule has 2 aromatic carbocycles. The Bertz CT molecular complexity index is 949. The highest BCUT2D eigenvalue weighted by atomic mass is 35.5. The van der Waals surface area contributed by atoms with Gasteiger partial charge in [-0.25, -0.2) is 0 Å². The summed E-state index contributed by atoms with van der Waals surface area (Å²) in [6, 6.07) is 15.4. The van der Waals surface area contributed by atoms with Gasteiger partial charge in [-0.3, -0.25) is 19.3 Å². The number of nitrogens with one attached hydrogen (secondary N) is 2. The van der Waals surface area contributed by atoms with Gasteiger partial charge >= 0.3 is 0 Å². The summed E-state index contributed by atoms with van der Waals surface area (Å²) >= 11 is 5.91. The van der Waals surface area contributed by atoms with E-state index in [9.17, 15) is 14.4 Å². The van der Waals surface area contributed by atoms with E-state index in [0.29, 0.717) is 30.1 Å². The highest BCUT2D eigenvalue weighted by molar-refractivity contribution is 6.30. The van der Waals surface area contributed by atoms with Crippen molar-refractivity contribution in [2.24, 2.45) is 5.92 Å². The van der Waals surface area contributed by atoms with Crippen molar-refractivity contribution in [1.29, 1.82) is 0 Å². The first-order chi connectivity index (χ1) is 15.9. The molecule has 0 aromatic heterocycles. The van der Waals surface area contributed by atoms with Crippen LogP contribution in [0.2, 0.25) is 5.02 Å². The van der Waals surface area contributed by atoms with E-state index >= 15 is 0 Å². The largest absolute Gasteiger partial charge is 0.350 e. The predicted molar refractivity (Wildman–Crippen MR) is 130 cm³/mol. The van der Waals surface area contributed by atoms with Gasteiger partial charge in [0, 0.05) is 17.1 Å². The van der Waals surface area contributed by atoms with E-state index in [0.717, 1.165) is 18.4 Å². The molecule has 1 aliphatic heterocycles. The van der Waals surface area contributed by atoms with Crippen LogP contribution in [0.25, 0.3) is 0 Å². The lowest BCUT2D eigenvalue weighted by molar-refractivity contribution is -0.132. The molecule has 7 heteroatoms. The third-order valence-electron chi connectivity index (χ3n) is 6.28. The van der Waals surface area contributed by atoms with Crippen molar-refractivity contribution in [3.8, 4) is 0 Å². The number of Topliss-reactive ketones (excluding diaryl/α,β-unsaturated/α-hetero) is 1. The number of ketones is 1. The molecule has 1 saturated heterocycles. The second kappa shape index (κ2) is 12.0. The normalized spacial score (nSPS) is 17.8. The molecule has 1 fully saturated rings. The number of halogens is 1. The standard InChI is InChI=1S/C26H32ClN3O3/c1-3-18(2)24(26(33)28-16-19-8-5-4-6-9-19)29-25(32)22-10-7-15-30(22)17-23(31)20-11-13-21(27)14-12-20/h4-6,8-9,11-14,18,22,24H,3,7,10,15-17H2,1-2H3,(H,28,33)(H,29,32)/t18?,22-,24-/m0/s1. The van der Waals surface area contributed by atoms with Crippen molar-refractivity contribution in [2.75, 3.05) is 13.1 Å². The molecule has 3 atom stereocenters. The van der Waals surface area contributed by atoms with Gasteiger partial charge in [-0.1, -0.05) is 62.2 Å². The van der Waals surface area contributed by atoms with Gasteiger partial charge in [-0.15, -0.1) is 0 Å². The molecule has 1 aliphatic rings. The van der Waals surface area contributed by atoms with Gasteiger partial charge in [0.1, 0.15) is 6.04 Å². The summed E-state index contributed by atoms with van der Waals surface area (Å²) < 4.78 is 0. The zero-order valence-electron chi connectivity index (χ0n) is 19.2. The zero-order valence-corrected chi connectivity index (χ0v) is 20.0. The van der Waals surface area contributed by atoms with Gasteiger partial charge in [-0.05, 0) is 55.1 Å². The lowest BCUT2D eigenvalue weighted by Gasteiger charge is -2.28.